The smallest absolute Gasteiger partial charge is 0.247 e. The van der Waals surface area contributed by atoms with Crippen molar-refractivity contribution in [2.75, 3.05) is 41.9 Å². The zero-order valence-electron chi connectivity index (χ0n) is 23.4. The highest BCUT2D eigenvalue weighted by atomic mass is 32.2. The van der Waals surface area contributed by atoms with Crippen molar-refractivity contribution in [3.05, 3.63) is 24.2 Å². The third-order valence-corrected chi connectivity index (χ3v) is 11.2. The third-order valence-electron chi connectivity index (χ3n) is 8.75. The van der Waals surface area contributed by atoms with Crippen molar-refractivity contribution >= 4 is 44.2 Å². The van der Waals surface area contributed by atoms with Gasteiger partial charge in [-0.3, -0.25) is 4.79 Å². The summed E-state index contributed by atoms with van der Waals surface area (Å²) in [6.07, 6.45) is 3.31. The first-order chi connectivity index (χ1) is 18.9. The van der Waals surface area contributed by atoms with Crippen LogP contribution in [-0.4, -0.2) is 98.1 Å². The molecule has 6 heterocycles. The van der Waals surface area contributed by atoms with Crippen molar-refractivity contribution in [1.29, 1.82) is 0 Å². The molecule has 40 heavy (non-hydrogen) atoms. The average Bonchev–Trinajstić information content (AvgIpc) is 3.46. The molecular weight excluding hydrogens is 537 g/mol. The number of fused-ring (bicyclic) bond motifs is 2. The molecule has 0 saturated carbocycles. The SMILES string of the molecule is CCn1nnc2cnc(N3CC(C)(C)c4c3ncnc4N3C[C@@H](C)N(C(=O)C4(CF)CCS4(=O)=O)C[C@@H]3C)cc21. The Kier molecular flexibility index (Phi) is 6.06. The van der Waals surface area contributed by atoms with Gasteiger partial charge in [0.05, 0.1) is 17.5 Å². The van der Waals surface area contributed by atoms with Gasteiger partial charge >= 0.3 is 0 Å². The summed E-state index contributed by atoms with van der Waals surface area (Å²) in [5, 5.41) is 8.39. The van der Waals surface area contributed by atoms with Crippen LogP contribution in [0.5, 0.6) is 0 Å². The molecule has 3 aliphatic heterocycles. The maximum Gasteiger partial charge on any atom is 0.247 e. The summed E-state index contributed by atoms with van der Waals surface area (Å²) in [4.78, 5) is 33.3. The first-order valence-corrected chi connectivity index (χ1v) is 15.3. The summed E-state index contributed by atoms with van der Waals surface area (Å²) >= 11 is 0. The fourth-order valence-corrected chi connectivity index (χ4v) is 7.88. The maximum atomic E-state index is 14.0. The number of aryl methyl sites for hydroxylation is 1. The highest BCUT2D eigenvalue weighted by molar-refractivity contribution is 7.95. The number of hydrogen-bond acceptors (Lipinski definition) is 10. The molecule has 0 spiro atoms. The van der Waals surface area contributed by atoms with Crippen LogP contribution in [0.4, 0.5) is 21.8 Å². The number of carbonyl (C=O) groups excluding carboxylic acids is 1. The highest BCUT2D eigenvalue weighted by Crippen LogP contribution is 2.47. The quantitative estimate of drug-likeness (QED) is 0.448. The Bertz CT molecular complexity index is 1610. The van der Waals surface area contributed by atoms with Crippen LogP contribution in [0.15, 0.2) is 18.6 Å². The molecule has 1 unspecified atom stereocenters. The largest absolute Gasteiger partial charge is 0.350 e. The summed E-state index contributed by atoms with van der Waals surface area (Å²) in [5.41, 5.74) is 2.29. The van der Waals surface area contributed by atoms with Gasteiger partial charge in [-0.15, -0.1) is 5.10 Å². The van der Waals surface area contributed by atoms with E-state index in [0.717, 1.165) is 34.1 Å². The summed E-state index contributed by atoms with van der Waals surface area (Å²) in [6.45, 7) is 11.0. The Hall–Kier alpha value is -3.42. The van der Waals surface area contributed by atoms with E-state index < -0.39 is 27.2 Å². The number of aromatic nitrogens is 6. The summed E-state index contributed by atoms with van der Waals surface area (Å²) in [5.74, 6) is 1.53. The third kappa shape index (κ3) is 3.71. The molecule has 0 N–H and O–H groups in total. The van der Waals surface area contributed by atoms with Crippen LogP contribution in [-0.2, 0) is 26.6 Å². The molecule has 2 fully saturated rings. The minimum absolute atomic E-state index is 0.0321. The zero-order valence-corrected chi connectivity index (χ0v) is 24.2. The van der Waals surface area contributed by atoms with E-state index in [1.165, 1.54) is 0 Å². The molecule has 0 radical (unpaired) electrons. The molecule has 14 heteroatoms. The van der Waals surface area contributed by atoms with Crippen LogP contribution in [0.3, 0.4) is 0 Å². The number of pyridine rings is 1. The highest BCUT2D eigenvalue weighted by Gasteiger charge is 2.60. The minimum atomic E-state index is -3.78. The number of anilines is 3. The van der Waals surface area contributed by atoms with Crippen LogP contribution >= 0.6 is 0 Å². The Morgan fingerprint density at radius 3 is 2.52 bits per heavy atom. The molecule has 2 saturated heterocycles. The molecule has 6 rings (SSSR count). The van der Waals surface area contributed by atoms with Gasteiger partial charge in [-0.05, 0) is 27.2 Å². The van der Waals surface area contributed by atoms with Crippen molar-refractivity contribution in [1.82, 2.24) is 34.8 Å². The summed E-state index contributed by atoms with van der Waals surface area (Å²) in [7, 11) is -3.78. The van der Waals surface area contributed by atoms with E-state index in [2.05, 4.69) is 43.9 Å². The summed E-state index contributed by atoms with van der Waals surface area (Å²) < 4.78 is 38.8. The van der Waals surface area contributed by atoms with E-state index in [1.807, 2.05) is 31.5 Å². The first kappa shape index (κ1) is 26.8. The van der Waals surface area contributed by atoms with Crippen LogP contribution in [0, 0.1) is 0 Å². The van der Waals surface area contributed by atoms with E-state index in [9.17, 15) is 17.6 Å². The first-order valence-electron chi connectivity index (χ1n) is 13.6. The molecule has 3 aromatic rings. The van der Waals surface area contributed by atoms with Gasteiger partial charge in [0.2, 0.25) is 5.91 Å². The number of rotatable bonds is 5. The topological polar surface area (TPSA) is 130 Å². The van der Waals surface area contributed by atoms with E-state index in [1.54, 1.807) is 17.4 Å². The van der Waals surface area contributed by atoms with Crippen LogP contribution < -0.4 is 9.80 Å². The molecule has 1 amide bonds. The number of alkyl halides is 1. The zero-order chi connectivity index (χ0) is 28.6. The van der Waals surface area contributed by atoms with Crippen molar-refractivity contribution in [3.63, 3.8) is 0 Å². The number of amides is 1. The fraction of sp³-hybridized carbons (Fsp3) is 0.615. The van der Waals surface area contributed by atoms with Gasteiger partial charge < -0.3 is 14.7 Å². The Morgan fingerprint density at radius 1 is 1.12 bits per heavy atom. The van der Waals surface area contributed by atoms with E-state index in [0.29, 0.717) is 19.6 Å². The molecule has 214 valence electrons. The number of piperazine rings is 1. The van der Waals surface area contributed by atoms with Gasteiger partial charge in [-0.2, -0.15) is 0 Å². The van der Waals surface area contributed by atoms with Gasteiger partial charge in [0, 0.05) is 55.3 Å². The predicted molar refractivity (Wildman–Crippen MR) is 148 cm³/mol. The molecule has 0 aliphatic carbocycles. The number of halogens is 1. The van der Waals surface area contributed by atoms with Crippen molar-refractivity contribution < 1.29 is 17.6 Å². The van der Waals surface area contributed by atoms with Gasteiger partial charge in [0.15, 0.2) is 14.6 Å². The number of nitrogens with zero attached hydrogens (tertiary/aromatic N) is 9. The monoisotopic (exact) mass is 571 g/mol. The van der Waals surface area contributed by atoms with Crippen LogP contribution in [0.2, 0.25) is 0 Å². The van der Waals surface area contributed by atoms with E-state index in [4.69, 9.17) is 4.98 Å². The lowest BCUT2D eigenvalue weighted by Crippen LogP contribution is -2.68. The lowest BCUT2D eigenvalue weighted by Gasteiger charge is -2.49. The van der Waals surface area contributed by atoms with Gasteiger partial charge in [0.1, 0.15) is 36.0 Å². The molecule has 3 aromatic heterocycles. The lowest BCUT2D eigenvalue weighted by atomic mass is 9.87. The second-order valence-corrected chi connectivity index (χ2v) is 14.2. The minimum Gasteiger partial charge on any atom is -0.350 e. The van der Waals surface area contributed by atoms with Crippen LogP contribution in [0.1, 0.15) is 46.6 Å². The van der Waals surface area contributed by atoms with E-state index >= 15 is 0 Å². The van der Waals surface area contributed by atoms with Gasteiger partial charge in [-0.25, -0.2) is 32.4 Å². The van der Waals surface area contributed by atoms with E-state index in [-0.39, 0.29) is 36.2 Å². The lowest BCUT2D eigenvalue weighted by molar-refractivity contribution is -0.138. The second kappa shape index (κ2) is 9.05. The fourth-order valence-electron chi connectivity index (χ4n) is 6.30. The van der Waals surface area contributed by atoms with Crippen molar-refractivity contribution in [2.24, 2.45) is 0 Å². The number of carbonyl (C=O) groups is 1. The van der Waals surface area contributed by atoms with Gasteiger partial charge in [0.25, 0.3) is 0 Å². The number of sulfone groups is 1. The van der Waals surface area contributed by atoms with Crippen molar-refractivity contribution in [2.45, 2.75) is 69.8 Å². The van der Waals surface area contributed by atoms with Crippen LogP contribution in [0.25, 0.3) is 11.0 Å². The second-order valence-electron chi connectivity index (χ2n) is 11.8. The standard InChI is InChI=1S/C26H34FN9O3S/c1-6-36-19-9-20(28-10-18(19)31-32-36)35-14-25(4,5)21-22(29-15-30-23(21)35)33-11-17(3)34(12-16(33)2)24(37)26(13-27)7-8-40(26,38)39/h9-10,15-17H,6-8,11-14H2,1-5H3/t16-,17+,26?/m0/s1. The molecule has 3 atom stereocenters. The summed E-state index contributed by atoms with van der Waals surface area (Å²) in [6, 6.07) is 1.47. The Morgan fingerprint density at radius 2 is 1.88 bits per heavy atom. The Balaban J connectivity index is 1.33. The molecule has 0 bridgehead atoms. The number of hydrogen-bond donors (Lipinski definition) is 0. The molecule has 12 nitrogen and oxygen atoms in total. The maximum absolute atomic E-state index is 14.0. The molecule has 3 aliphatic rings. The molecular formula is C26H34FN9O3S. The normalized spacial score (nSPS) is 27.1. The molecule has 0 aromatic carbocycles. The predicted octanol–water partition coefficient (Wildman–Crippen LogP) is 2.02. The van der Waals surface area contributed by atoms with Crippen molar-refractivity contribution in [3.8, 4) is 0 Å². The van der Waals surface area contributed by atoms with Gasteiger partial charge in [-0.1, -0.05) is 19.1 Å². The average molecular weight is 572 g/mol. The Labute approximate surface area is 232 Å².